The molecule has 1 atom stereocenters. The van der Waals surface area contributed by atoms with Crippen LogP contribution < -0.4 is 15.6 Å². The van der Waals surface area contributed by atoms with E-state index >= 15 is 0 Å². The summed E-state index contributed by atoms with van der Waals surface area (Å²) >= 11 is 8.42. The molecule has 1 saturated heterocycles. The van der Waals surface area contributed by atoms with Gasteiger partial charge >= 0.3 is 0 Å². The maximum atomic E-state index is 12.7. The molecule has 1 aliphatic rings. The number of thiocarbonyl (C=S) groups is 1. The summed E-state index contributed by atoms with van der Waals surface area (Å²) in [4.78, 5) is 40.0. The smallest absolute Gasteiger partial charge is 0.287 e. The van der Waals surface area contributed by atoms with Crippen LogP contribution >= 0.6 is 28.1 Å². The number of nitro groups is 1. The highest BCUT2D eigenvalue weighted by Gasteiger charge is 2.38. The predicted molar refractivity (Wildman–Crippen MR) is 109 cm³/mol. The standard InChI is InChI=1S/C16H11BrN6O4S/c17-9-1-3-10(4-2-9)22-15(25)12(14(24)20-16(22)28)8-19-21-13-6-5-11(7-18-13)23(26)27/h1-8,12H,(H,18,21)(H,20,24,28)/b19-8-/t12-/m1/s1. The van der Waals surface area contributed by atoms with Gasteiger partial charge in [0.25, 0.3) is 11.6 Å². The van der Waals surface area contributed by atoms with Crippen LogP contribution in [0.15, 0.2) is 52.2 Å². The zero-order chi connectivity index (χ0) is 20.3. The van der Waals surface area contributed by atoms with Gasteiger partial charge in [0, 0.05) is 16.8 Å². The van der Waals surface area contributed by atoms with Gasteiger partial charge in [0.05, 0.1) is 10.6 Å². The minimum absolute atomic E-state index is 0.0213. The summed E-state index contributed by atoms with van der Waals surface area (Å²) in [6.45, 7) is 0. The van der Waals surface area contributed by atoms with Gasteiger partial charge in [-0.05, 0) is 42.5 Å². The number of carbonyl (C=O) groups excluding carboxylic acids is 2. The highest BCUT2D eigenvalue weighted by Crippen LogP contribution is 2.22. The van der Waals surface area contributed by atoms with Crippen LogP contribution in [0, 0.1) is 16.0 Å². The van der Waals surface area contributed by atoms with E-state index in [0.717, 1.165) is 16.9 Å². The van der Waals surface area contributed by atoms with E-state index in [-0.39, 0.29) is 16.6 Å². The van der Waals surface area contributed by atoms with E-state index in [1.165, 1.54) is 17.0 Å². The molecule has 0 unspecified atom stereocenters. The second kappa shape index (κ2) is 8.19. The molecule has 0 radical (unpaired) electrons. The van der Waals surface area contributed by atoms with Crippen LogP contribution in [0.1, 0.15) is 0 Å². The van der Waals surface area contributed by atoms with Crippen LogP contribution in [0.25, 0.3) is 0 Å². The normalized spacial score (nSPS) is 17.0. The van der Waals surface area contributed by atoms with Crippen molar-refractivity contribution in [3.63, 3.8) is 0 Å². The number of hydrogen-bond acceptors (Lipinski definition) is 8. The Balaban J connectivity index is 1.74. The number of benzene rings is 1. The third-order valence-electron chi connectivity index (χ3n) is 3.65. The summed E-state index contributed by atoms with van der Waals surface area (Å²) in [5, 5.41) is 16.9. The molecule has 28 heavy (non-hydrogen) atoms. The van der Waals surface area contributed by atoms with Crippen LogP contribution in [0.4, 0.5) is 17.2 Å². The van der Waals surface area contributed by atoms with E-state index in [2.05, 4.69) is 36.8 Å². The van der Waals surface area contributed by atoms with Gasteiger partial charge in [-0.25, -0.2) is 4.98 Å². The second-order valence-electron chi connectivity index (χ2n) is 5.47. The molecule has 2 N–H and O–H groups in total. The number of halogens is 1. The summed E-state index contributed by atoms with van der Waals surface area (Å²) in [6, 6.07) is 9.44. The second-order valence-corrected chi connectivity index (χ2v) is 6.77. The Morgan fingerprint density at radius 2 is 2.00 bits per heavy atom. The van der Waals surface area contributed by atoms with Crippen LogP contribution in [0.2, 0.25) is 0 Å². The number of hydrazone groups is 1. The minimum atomic E-state index is -1.21. The number of aromatic nitrogens is 1. The Labute approximate surface area is 171 Å². The van der Waals surface area contributed by atoms with Crippen molar-refractivity contribution in [3.8, 4) is 0 Å². The van der Waals surface area contributed by atoms with E-state index in [1.807, 2.05) is 0 Å². The maximum Gasteiger partial charge on any atom is 0.287 e. The van der Waals surface area contributed by atoms with E-state index in [4.69, 9.17) is 12.2 Å². The summed E-state index contributed by atoms with van der Waals surface area (Å²) < 4.78 is 0.827. The predicted octanol–water partition coefficient (Wildman–Crippen LogP) is 2.21. The zero-order valence-corrected chi connectivity index (χ0v) is 16.3. The Kier molecular flexibility index (Phi) is 5.70. The van der Waals surface area contributed by atoms with Crippen molar-refractivity contribution in [2.45, 2.75) is 0 Å². The monoisotopic (exact) mass is 462 g/mol. The van der Waals surface area contributed by atoms with E-state index in [1.54, 1.807) is 24.3 Å². The number of pyridine rings is 1. The third kappa shape index (κ3) is 4.18. The van der Waals surface area contributed by atoms with Gasteiger partial charge in [0.15, 0.2) is 11.0 Å². The molecule has 1 aliphatic heterocycles. The van der Waals surface area contributed by atoms with Crippen LogP contribution in [0.3, 0.4) is 0 Å². The SMILES string of the molecule is O=C1NC(=S)N(c2ccc(Br)cc2)C(=O)[C@@H]1/C=N\Nc1ccc([N+](=O)[O-])cn1. The third-order valence-corrected chi connectivity index (χ3v) is 4.46. The molecule has 1 aromatic heterocycles. The first-order valence-corrected chi connectivity index (χ1v) is 8.91. The van der Waals surface area contributed by atoms with Crippen molar-refractivity contribution in [3.05, 3.63) is 57.2 Å². The van der Waals surface area contributed by atoms with Gasteiger partial charge in [0.2, 0.25) is 5.91 Å². The van der Waals surface area contributed by atoms with Crippen molar-refractivity contribution >= 4 is 68.5 Å². The fourth-order valence-corrected chi connectivity index (χ4v) is 2.85. The van der Waals surface area contributed by atoms with Gasteiger partial charge in [-0.15, -0.1) is 0 Å². The van der Waals surface area contributed by atoms with E-state index < -0.39 is 22.7 Å². The van der Waals surface area contributed by atoms with Crippen molar-refractivity contribution in [1.29, 1.82) is 0 Å². The van der Waals surface area contributed by atoms with Gasteiger partial charge in [-0.1, -0.05) is 15.9 Å². The molecule has 1 aromatic carbocycles. The Bertz CT molecular complexity index is 980. The summed E-state index contributed by atoms with van der Waals surface area (Å²) in [7, 11) is 0. The molecule has 0 saturated carbocycles. The summed E-state index contributed by atoms with van der Waals surface area (Å²) in [6.07, 6.45) is 2.18. The number of nitrogens with one attached hydrogen (secondary N) is 2. The van der Waals surface area contributed by atoms with Gasteiger partial charge in [-0.2, -0.15) is 5.10 Å². The first kappa shape index (κ1) is 19.5. The largest absolute Gasteiger partial charge is 0.301 e. The molecule has 2 aromatic rings. The van der Waals surface area contributed by atoms with Crippen molar-refractivity contribution in [2.24, 2.45) is 11.0 Å². The fourth-order valence-electron chi connectivity index (χ4n) is 2.29. The lowest BCUT2D eigenvalue weighted by molar-refractivity contribution is -0.385. The fraction of sp³-hybridized carbons (Fsp3) is 0.0625. The lowest BCUT2D eigenvalue weighted by Crippen LogP contribution is -2.58. The number of nitrogens with zero attached hydrogens (tertiary/aromatic N) is 4. The first-order valence-electron chi connectivity index (χ1n) is 7.71. The summed E-state index contributed by atoms with van der Waals surface area (Å²) in [5.74, 6) is -2.16. The van der Waals surface area contributed by atoms with E-state index in [0.29, 0.717) is 5.69 Å². The Morgan fingerprint density at radius 3 is 2.61 bits per heavy atom. The molecule has 10 nitrogen and oxygen atoms in total. The maximum absolute atomic E-state index is 12.7. The lowest BCUT2D eigenvalue weighted by Gasteiger charge is -2.30. The zero-order valence-electron chi connectivity index (χ0n) is 13.9. The van der Waals surface area contributed by atoms with Crippen LogP contribution in [-0.4, -0.2) is 33.0 Å². The van der Waals surface area contributed by atoms with E-state index in [9.17, 15) is 19.7 Å². The van der Waals surface area contributed by atoms with Crippen molar-refractivity contribution in [1.82, 2.24) is 10.3 Å². The molecule has 12 heteroatoms. The molecule has 2 amide bonds. The number of rotatable bonds is 5. The average molecular weight is 463 g/mol. The molecular weight excluding hydrogens is 452 g/mol. The molecule has 3 rings (SSSR count). The molecule has 142 valence electrons. The minimum Gasteiger partial charge on any atom is -0.301 e. The molecule has 0 bridgehead atoms. The molecule has 1 fully saturated rings. The summed E-state index contributed by atoms with van der Waals surface area (Å²) in [5.41, 5.74) is 2.85. The van der Waals surface area contributed by atoms with Crippen molar-refractivity contribution < 1.29 is 14.5 Å². The molecule has 2 heterocycles. The van der Waals surface area contributed by atoms with Gasteiger partial charge < -0.3 is 5.32 Å². The van der Waals surface area contributed by atoms with Gasteiger partial charge in [0.1, 0.15) is 12.0 Å². The number of amides is 2. The quantitative estimate of drug-likeness (QED) is 0.229. The van der Waals surface area contributed by atoms with Crippen LogP contribution in [-0.2, 0) is 9.59 Å². The number of hydrogen-bond donors (Lipinski definition) is 2. The highest BCUT2D eigenvalue weighted by molar-refractivity contribution is 9.10. The van der Waals surface area contributed by atoms with Crippen molar-refractivity contribution in [2.75, 3.05) is 10.3 Å². The number of anilines is 2. The topological polar surface area (TPSA) is 130 Å². The highest BCUT2D eigenvalue weighted by atomic mass is 79.9. The first-order chi connectivity index (χ1) is 13.4. The number of carbonyl (C=O) groups is 2. The Hall–Kier alpha value is -3.25. The molecular formula is C16H11BrN6O4S. The van der Waals surface area contributed by atoms with Gasteiger partial charge in [-0.3, -0.25) is 30.0 Å². The molecule has 0 aliphatic carbocycles. The van der Waals surface area contributed by atoms with Crippen LogP contribution in [0.5, 0.6) is 0 Å². The average Bonchev–Trinajstić information content (AvgIpc) is 2.66. The lowest BCUT2D eigenvalue weighted by atomic mass is 10.1. The molecule has 0 spiro atoms. The Morgan fingerprint density at radius 1 is 1.29 bits per heavy atom.